The number of hydrogen-bond acceptors (Lipinski definition) is 2. The lowest BCUT2D eigenvalue weighted by Gasteiger charge is -2.21. The van der Waals surface area contributed by atoms with Crippen LogP contribution in [0.15, 0.2) is 48.5 Å². The Morgan fingerprint density at radius 3 is 2.31 bits per heavy atom. The Labute approximate surface area is 175 Å². The number of anilines is 1. The molecule has 0 aromatic heterocycles. The second-order valence-corrected chi connectivity index (χ2v) is 8.27. The van der Waals surface area contributed by atoms with Crippen molar-refractivity contribution >= 4 is 28.9 Å². The zero-order chi connectivity index (χ0) is 21.2. The van der Waals surface area contributed by atoms with Gasteiger partial charge in [-0.25, -0.2) is 0 Å². The molecule has 152 valence electrons. The second kappa shape index (κ2) is 8.36. The van der Waals surface area contributed by atoms with E-state index in [2.05, 4.69) is 98.8 Å². The van der Waals surface area contributed by atoms with Crippen molar-refractivity contribution < 1.29 is 9.37 Å². The molecule has 0 aliphatic carbocycles. The Morgan fingerprint density at radius 2 is 1.72 bits per heavy atom. The van der Waals surface area contributed by atoms with Gasteiger partial charge in [0.1, 0.15) is 12.8 Å². The summed E-state index contributed by atoms with van der Waals surface area (Å²) >= 11 is 0. The molecule has 0 radical (unpaired) electrons. The van der Waals surface area contributed by atoms with Gasteiger partial charge in [-0.05, 0) is 64.5 Å². The fourth-order valence-corrected chi connectivity index (χ4v) is 4.56. The van der Waals surface area contributed by atoms with Gasteiger partial charge < -0.3 is 4.90 Å². The molecule has 1 atom stereocenters. The molecule has 2 aromatic rings. The summed E-state index contributed by atoms with van der Waals surface area (Å²) in [6.07, 6.45) is 4.86. The molecular weight excluding hydrogens is 356 g/mol. The summed E-state index contributed by atoms with van der Waals surface area (Å²) in [7, 11) is 2.10. The summed E-state index contributed by atoms with van der Waals surface area (Å²) in [6, 6.07) is 15.2. The normalized spacial score (nSPS) is 18.4. The van der Waals surface area contributed by atoms with Crippen LogP contribution >= 0.6 is 0 Å². The molecule has 1 unspecified atom stereocenters. The Morgan fingerprint density at radius 1 is 1.07 bits per heavy atom. The third-order valence-electron chi connectivity index (χ3n) is 6.09. The Kier molecular flexibility index (Phi) is 6.07. The first kappa shape index (κ1) is 21.0. The van der Waals surface area contributed by atoms with Crippen molar-refractivity contribution in [1.29, 1.82) is 0 Å². The monoisotopic (exact) mass is 389 g/mol. The number of benzene rings is 2. The highest BCUT2D eigenvalue weighted by Crippen LogP contribution is 2.42. The molecule has 0 amide bonds. The highest BCUT2D eigenvalue weighted by Gasteiger charge is 2.47. The SMILES string of the molecule is CCN(CC)c1ccc(/C=C/C2=[N+](C)c3ccc(C)cc3C2(C)CC(C)=O)cc1. The van der Waals surface area contributed by atoms with Gasteiger partial charge in [-0.15, -0.1) is 0 Å². The molecule has 3 nitrogen and oxygen atoms in total. The lowest BCUT2D eigenvalue weighted by Crippen LogP contribution is -2.32. The molecule has 1 heterocycles. The van der Waals surface area contributed by atoms with Crippen molar-refractivity contribution in [2.75, 3.05) is 25.0 Å². The zero-order valence-electron chi connectivity index (χ0n) is 18.6. The van der Waals surface area contributed by atoms with Crippen LogP contribution in [0.1, 0.15) is 50.8 Å². The highest BCUT2D eigenvalue weighted by atomic mass is 16.1. The summed E-state index contributed by atoms with van der Waals surface area (Å²) in [6.45, 7) is 12.4. The summed E-state index contributed by atoms with van der Waals surface area (Å²) < 4.78 is 2.23. The average Bonchev–Trinajstić information content (AvgIpc) is 2.88. The highest BCUT2D eigenvalue weighted by molar-refractivity contribution is 6.07. The number of allylic oxidation sites excluding steroid dienone is 1. The molecule has 0 fully saturated rings. The smallest absolute Gasteiger partial charge is 0.209 e. The Hall–Kier alpha value is -2.68. The van der Waals surface area contributed by atoms with Gasteiger partial charge >= 0.3 is 0 Å². The summed E-state index contributed by atoms with van der Waals surface area (Å²) in [5.74, 6) is 0.213. The van der Waals surface area contributed by atoms with Crippen molar-refractivity contribution in [3.8, 4) is 0 Å². The predicted octanol–water partition coefficient (Wildman–Crippen LogP) is 5.52. The van der Waals surface area contributed by atoms with Gasteiger partial charge in [-0.3, -0.25) is 4.79 Å². The maximum atomic E-state index is 12.1. The maximum absolute atomic E-state index is 12.1. The molecule has 3 rings (SSSR count). The first-order chi connectivity index (χ1) is 13.8. The average molecular weight is 390 g/mol. The van der Waals surface area contributed by atoms with Crippen molar-refractivity contribution in [2.24, 2.45) is 0 Å². The van der Waals surface area contributed by atoms with E-state index in [1.807, 2.05) is 0 Å². The van der Waals surface area contributed by atoms with Crippen LogP contribution in [0.2, 0.25) is 0 Å². The number of carbonyl (C=O) groups excluding carboxylic acids is 1. The van der Waals surface area contributed by atoms with Gasteiger partial charge in [0.05, 0.1) is 5.41 Å². The zero-order valence-corrected chi connectivity index (χ0v) is 18.6. The summed E-state index contributed by atoms with van der Waals surface area (Å²) in [5.41, 5.74) is 6.94. The first-order valence-corrected chi connectivity index (χ1v) is 10.5. The third-order valence-corrected chi connectivity index (χ3v) is 6.09. The molecule has 1 aliphatic rings. The molecule has 0 spiro atoms. The molecule has 29 heavy (non-hydrogen) atoms. The van der Waals surface area contributed by atoms with E-state index in [0.29, 0.717) is 6.42 Å². The van der Waals surface area contributed by atoms with Gasteiger partial charge in [0.25, 0.3) is 0 Å². The van der Waals surface area contributed by atoms with Crippen LogP contribution in [-0.2, 0) is 10.2 Å². The van der Waals surface area contributed by atoms with Crippen LogP contribution in [0.25, 0.3) is 6.08 Å². The lowest BCUT2D eigenvalue weighted by atomic mass is 9.75. The van der Waals surface area contributed by atoms with Gasteiger partial charge in [0.2, 0.25) is 5.69 Å². The molecule has 0 saturated carbocycles. The Bertz CT molecular complexity index is 965. The van der Waals surface area contributed by atoms with Gasteiger partial charge in [-0.1, -0.05) is 23.8 Å². The quantitative estimate of drug-likeness (QED) is 0.582. The second-order valence-electron chi connectivity index (χ2n) is 8.27. The standard InChI is InChI=1S/C26H33N2O/c1-7-28(8-2)22-13-10-21(11-14-22)12-16-25-26(5,18-20(4)29)23-17-19(3)9-15-24(23)27(25)6/h9-17H,7-8,18H2,1-6H3/q+1. The molecular formula is C26H33N2O+. The summed E-state index contributed by atoms with van der Waals surface area (Å²) in [5, 5.41) is 0. The van der Waals surface area contributed by atoms with Crippen molar-refractivity contribution in [1.82, 2.24) is 0 Å². The molecule has 3 heteroatoms. The number of ketones is 1. The van der Waals surface area contributed by atoms with E-state index in [0.717, 1.165) is 13.1 Å². The van der Waals surface area contributed by atoms with E-state index < -0.39 is 0 Å². The van der Waals surface area contributed by atoms with Crippen LogP contribution in [0, 0.1) is 6.92 Å². The van der Waals surface area contributed by atoms with Crippen LogP contribution < -0.4 is 4.90 Å². The van der Waals surface area contributed by atoms with E-state index in [-0.39, 0.29) is 11.2 Å². The van der Waals surface area contributed by atoms with Crippen LogP contribution in [0.3, 0.4) is 0 Å². The van der Waals surface area contributed by atoms with Crippen LogP contribution in [0.5, 0.6) is 0 Å². The van der Waals surface area contributed by atoms with E-state index in [4.69, 9.17) is 0 Å². The number of carbonyl (C=O) groups is 1. The minimum absolute atomic E-state index is 0.213. The third kappa shape index (κ3) is 4.05. The van der Waals surface area contributed by atoms with Crippen LogP contribution in [0.4, 0.5) is 11.4 Å². The maximum Gasteiger partial charge on any atom is 0.209 e. The number of rotatable bonds is 7. The van der Waals surface area contributed by atoms with Crippen molar-refractivity contribution in [3.63, 3.8) is 0 Å². The van der Waals surface area contributed by atoms with Gasteiger partial charge in [-0.2, -0.15) is 4.58 Å². The number of hydrogen-bond donors (Lipinski definition) is 0. The number of Topliss-reactive ketones (excluding diaryl/α,β-unsaturated/α-hetero) is 1. The minimum atomic E-state index is -0.306. The molecule has 0 N–H and O–H groups in total. The molecule has 0 saturated heterocycles. The van der Waals surface area contributed by atoms with Crippen LogP contribution in [-0.4, -0.2) is 36.2 Å². The largest absolute Gasteiger partial charge is 0.372 e. The van der Waals surface area contributed by atoms with Crippen molar-refractivity contribution in [3.05, 3.63) is 65.2 Å². The van der Waals surface area contributed by atoms with E-state index in [9.17, 15) is 4.79 Å². The van der Waals surface area contributed by atoms with E-state index >= 15 is 0 Å². The topological polar surface area (TPSA) is 23.3 Å². The fraction of sp³-hybridized carbons (Fsp3) is 0.385. The predicted molar refractivity (Wildman–Crippen MR) is 124 cm³/mol. The number of fused-ring (bicyclic) bond motifs is 1. The lowest BCUT2D eigenvalue weighted by molar-refractivity contribution is -0.401. The number of nitrogens with zero attached hydrogens (tertiary/aromatic N) is 2. The molecule has 0 bridgehead atoms. The number of aryl methyl sites for hydroxylation is 1. The van der Waals surface area contributed by atoms with E-state index in [1.165, 1.54) is 33.8 Å². The minimum Gasteiger partial charge on any atom is -0.372 e. The van der Waals surface area contributed by atoms with Gasteiger partial charge in [0, 0.05) is 42.9 Å². The van der Waals surface area contributed by atoms with Gasteiger partial charge in [0.15, 0.2) is 5.71 Å². The molecule has 1 aliphatic heterocycles. The fourth-order valence-electron chi connectivity index (χ4n) is 4.56. The summed E-state index contributed by atoms with van der Waals surface area (Å²) in [4.78, 5) is 14.5. The Balaban J connectivity index is 1.96. The molecule has 2 aromatic carbocycles. The van der Waals surface area contributed by atoms with E-state index in [1.54, 1.807) is 6.92 Å². The van der Waals surface area contributed by atoms with Crippen molar-refractivity contribution in [2.45, 2.75) is 46.5 Å². The first-order valence-electron chi connectivity index (χ1n) is 10.5.